The minimum absolute atomic E-state index is 0.256. The number of hydrogen-bond donors (Lipinski definition) is 1. The lowest BCUT2D eigenvalue weighted by atomic mass is 10.2. The first-order chi connectivity index (χ1) is 10.1. The average Bonchev–Trinajstić information content (AvgIpc) is 2.49. The van der Waals surface area contributed by atoms with Gasteiger partial charge in [-0.05, 0) is 46.9 Å². The van der Waals surface area contributed by atoms with Crippen LogP contribution in [-0.2, 0) is 0 Å². The molecule has 0 aliphatic carbocycles. The number of rotatable bonds is 4. The second kappa shape index (κ2) is 7.00. The molecule has 4 nitrogen and oxygen atoms in total. The topological polar surface area (TPSA) is 47.6 Å². The zero-order chi connectivity index (χ0) is 15.4. The van der Waals surface area contributed by atoms with Crippen molar-refractivity contribution in [1.29, 1.82) is 0 Å². The minimum Gasteiger partial charge on any atom is -0.493 e. The summed E-state index contributed by atoms with van der Waals surface area (Å²) in [5.41, 5.74) is 1.06. The summed E-state index contributed by atoms with van der Waals surface area (Å²) in [5.74, 6) is 0.826. The monoisotopic (exact) mass is 417 g/mol. The fourth-order valence-electron chi connectivity index (χ4n) is 1.78. The lowest BCUT2D eigenvalue weighted by Gasteiger charge is -2.12. The van der Waals surface area contributed by atoms with Gasteiger partial charge in [-0.3, -0.25) is 4.79 Å². The summed E-state index contributed by atoms with van der Waals surface area (Å²) >= 11 is 8.12. The zero-order valence-corrected chi connectivity index (χ0v) is 14.4. The summed E-state index contributed by atoms with van der Waals surface area (Å²) in [7, 11) is 3.08. The van der Waals surface area contributed by atoms with Gasteiger partial charge in [-0.2, -0.15) is 0 Å². The fraction of sp³-hybridized carbons (Fsp3) is 0.133. The van der Waals surface area contributed by atoms with Crippen LogP contribution in [0.25, 0.3) is 0 Å². The zero-order valence-electron chi connectivity index (χ0n) is 11.4. The molecular weight excluding hydrogens is 405 g/mol. The summed E-state index contributed by atoms with van der Waals surface area (Å²) < 4.78 is 11.2. The Balaban J connectivity index is 2.33. The lowest BCUT2D eigenvalue weighted by Crippen LogP contribution is -2.14. The number of para-hydroxylation sites is 1. The highest BCUT2D eigenvalue weighted by Gasteiger charge is 2.16. The molecule has 0 spiro atoms. The maximum Gasteiger partial charge on any atom is 0.256 e. The molecule has 0 bridgehead atoms. The Bertz CT molecular complexity index is 676. The van der Waals surface area contributed by atoms with Gasteiger partial charge in [0.05, 0.1) is 30.5 Å². The van der Waals surface area contributed by atoms with Crippen LogP contribution in [0, 0.1) is 3.57 Å². The Hall–Kier alpha value is -1.47. The van der Waals surface area contributed by atoms with Crippen molar-refractivity contribution in [2.45, 2.75) is 0 Å². The average molecular weight is 418 g/mol. The number of benzene rings is 2. The number of anilines is 1. The van der Waals surface area contributed by atoms with E-state index < -0.39 is 0 Å². The molecule has 6 heteroatoms. The molecule has 2 aromatic rings. The maximum atomic E-state index is 12.4. The summed E-state index contributed by atoms with van der Waals surface area (Å²) in [5, 5.41) is 3.27. The number of hydrogen-bond acceptors (Lipinski definition) is 3. The number of nitrogens with one attached hydrogen (secondary N) is 1. The molecule has 0 unspecified atom stereocenters. The van der Waals surface area contributed by atoms with Crippen LogP contribution in [-0.4, -0.2) is 20.1 Å². The van der Waals surface area contributed by atoms with Crippen LogP contribution in [0.4, 0.5) is 5.69 Å². The molecule has 0 aliphatic heterocycles. The Morgan fingerprint density at radius 1 is 1.14 bits per heavy atom. The third kappa shape index (κ3) is 3.59. The van der Waals surface area contributed by atoms with Gasteiger partial charge >= 0.3 is 0 Å². The van der Waals surface area contributed by atoms with Crippen LogP contribution in [0.5, 0.6) is 11.5 Å². The predicted molar refractivity (Wildman–Crippen MR) is 91.7 cm³/mol. The number of carbonyl (C=O) groups is 1. The molecule has 0 saturated heterocycles. The fourth-order valence-corrected chi connectivity index (χ4v) is 2.65. The number of ether oxygens (including phenoxy) is 2. The summed E-state index contributed by atoms with van der Waals surface area (Å²) in [4.78, 5) is 12.4. The van der Waals surface area contributed by atoms with Crippen molar-refractivity contribution in [2.24, 2.45) is 0 Å². The van der Waals surface area contributed by atoms with Crippen LogP contribution in [0.1, 0.15) is 10.4 Å². The van der Waals surface area contributed by atoms with Crippen molar-refractivity contribution in [3.63, 3.8) is 0 Å². The van der Waals surface area contributed by atoms with Crippen molar-refractivity contribution in [1.82, 2.24) is 0 Å². The molecule has 2 aromatic carbocycles. The highest BCUT2D eigenvalue weighted by atomic mass is 127. The quantitative estimate of drug-likeness (QED) is 0.758. The largest absolute Gasteiger partial charge is 0.493 e. The Morgan fingerprint density at radius 2 is 1.76 bits per heavy atom. The van der Waals surface area contributed by atoms with Gasteiger partial charge in [-0.1, -0.05) is 23.7 Å². The van der Waals surface area contributed by atoms with Crippen molar-refractivity contribution < 1.29 is 14.3 Å². The molecule has 0 aliphatic rings. The Kier molecular flexibility index (Phi) is 5.30. The van der Waals surface area contributed by atoms with E-state index in [0.29, 0.717) is 27.8 Å². The third-order valence-corrected chi connectivity index (χ3v) is 4.06. The van der Waals surface area contributed by atoms with E-state index in [1.54, 1.807) is 43.5 Å². The third-order valence-electron chi connectivity index (χ3n) is 2.84. The Morgan fingerprint density at radius 3 is 2.38 bits per heavy atom. The lowest BCUT2D eigenvalue weighted by molar-refractivity contribution is 0.102. The molecule has 0 saturated carbocycles. The minimum atomic E-state index is -0.256. The molecule has 0 aromatic heterocycles. The molecule has 1 amide bonds. The van der Waals surface area contributed by atoms with Gasteiger partial charge in [-0.15, -0.1) is 0 Å². The van der Waals surface area contributed by atoms with Crippen LogP contribution in [0.2, 0.25) is 5.02 Å². The molecule has 0 fully saturated rings. The molecular formula is C15H13ClINO3. The molecule has 110 valence electrons. The second-order valence-corrected chi connectivity index (χ2v) is 5.69. The van der Waals surface area contributed by atoms with Gasteiger partial charge in [0.15, 0.2) is 11.5 Å². The molecule has 1 N–H and O–H groups in total. The normalized spacial score (nSPS) is 10.1. The highest BCUT2D eigenvalue weighted by molar-refractivity contribution is 14.1. The van der Waals surface area contributed by atoms with Gasteiger partial charge in [0, 0.05) is 3.57 Å². The van der Waals surface area contributed by atoms with Gasteiger partial charge in [0.1, 0.15) is 0 Å². The molecule has 0 heterocycles. The Labute approximate surface area is 141 Å². The second-order valence-electron chi connectivity index (χ2n) is 4.12. The van der Waals surface area contributed by atoms with E-state index >= 15 is 0 Å². The first-order valence-electron chi connectivity index (χ1n) is 6.04. The van der Waals surface area contributed by atoms with E-state index in [0.717, 1.165) is 3.57 Å². The van der Waals surface area contributed by atoms with Crippen LogP contribution in [0.3, 0.4) is 0 Å². The van der Waals surface area contributed by atoms with E-state index in [-0.39, 0.29) is 5.91 Å². The van der Waals surface area contributed by atoms with E-state index in [4.69, 9.17) is 21.1 Å². The SMILES string of the molecule is COc1cc(I)c(C(=O)Nc2ccccc2Cl)cc1OC. The number of amides is 1. The van der Waals surface area contributed by atoms with Crippen molar-refractivity contribution in [3.8, 4) is 11.5 Å². The number of methoxy groups -OCH3 is 2. The van der Waals surface area contributed by atoms with Crippen molar-refractivity contribution in [3.05, 3.63) is 50.6 Å². The predicted octanol–water partition coefficient (Wildman–Crippen LogP) is 4.21. The summed E-state index contributed by atoms with van der Waals surface area (Å²) in [6, 6.07) is 10.5. The first-order valence-corrected chi connectivity index (χ1v) is 7.50. The van der Waals surface area contributed by atoms with Gasteiger partial charge in [-0.25, -0.2) is 0 Å². The maximum absolute atomic E-state index is 12.4. The molecule has 0 atom stereocenters. The van der Waals surface area contributed by atoms with E-state index in [1.807, 2.05) is 0 Å². The smallest absolute Gasteiger partial charge is 0.256 e. The van der Waals surface area contributed by atoms with Crippen molar-refractivity contribution in [2.75, 3.05) is 19.5 Å². The van der Waals surface area contributed by atoms with Crippen molar-refractivity contribution >= 4 is 45.8 Å². The molecule has 0 radical (unpaired) electrons. The van der Waals surface area contributed by atoms with Crippen LogP contribution in [0.15, 0.2) is 36.4 Å². The number of carbonyl (C=O) groups excluding carboxylic acids is 1. The van der Waals surface area contributed by atoms with E-state index in [1.165, 1.54) is 7.11 Å². The van der Waals surface area contributed by atoms with Gasteiger partial charge < -0.3 is 14.8 Å². The van der Waals surface area contributed by atoms with E-state index in [9.17, 15) is 4.79 Å². The number of halogens is 2. The highest BCUT2D eigenvalue weighted by Crippen LogP contribution is 2.32. The molecule has 2 rings (SSSR count). The first kappa shape index (κ1) is 15.9. The summed E-state index contributed by atoms with van der Waals surface area (Å²) in [6.07, 6.45) is 0. The van der Waals surface area contributed by atoms with Gasteiger partial charge in [0.25, 0.3) is 5.91 Å². The van der Waals surface area contributed by atoms with Gasteiger partial charge in [0.2, 0.25) is 0 Å². The van der Waals surface area contributed by atoms with Crippen LogP contribution >= 0.6 is 34.2 Å². The summed E-state index contributed by atoms with van der Waals surface area (Å²) in [6.45, 7) is 0. The molecule has 21 heavy (non-hydrogen) atoms. The standard InChI is InChI=1S/C15H13ClINO3/c1-20-13-7-9(11(17)8-14(13)21-2)15(19)18-12-6-4-3-5-10(12)16/h3-8H,1-2H3,(H,18,19). The van der Waals surface area contributed by atoms with Crippen LogP contribution < -0.4 is 14.8 Å². The van der Waals surface area contributed by atoms with E-state index in [2.05, 4.69) is 27.9 Å².